The molecule has 0 aromatic rings. The van der Waals surface area contributed by atoms with Crippen molar-refractivity contribution in [1.29, 1.82) is 0 Å². The summed E-state index contributed by atoms with van der Waals surface area (Å²) in [6.07, 6.45) is 12.8. The van der Waals surface area contributed by atoms with Gasteiger partial charge in [-0.25, -0.2) is 0 Å². The molecule has 2 saturated heterocycles. The summed E-state index contributed by atoms with van der Waals surface area (Å²) in [6, 6.07) is 0. The monoisotopic (exact) mass is 293 g/mol. The van der Waals surface area contributed by atoms with Crippen LogP contribution in [0.5, 0.6) is 0 Å². The first-order chi connectivity index (χ1) is 10.3. The van der Waals surface area contributed by atoms with Crippen molar-refractivity contribution in [3.63, 3.8) is 0 Å². The van der Waals surface area contributed by atoms with Crippen LogP contribution in [0.15, 0.2) is 0 Å². The van der Waals surface area contributed by atoms with Crippen molar-refractivity contribution in [2.75, 3.05) is 46.3 Å². The van der Waals surface area contributed by atoms with Crippen molar-refractivity contribution >= 4 is 0 Å². The molecular formula is C18H35N3. The molecule has 0 aromatic heterocycles. The molecule has 1 aliphatic carbocycles. The van der Waals surface area contributed by atoms with Crippen molar-refractivity contribution in [2.45, 2.75) is 63.3 Å². The van der Waals surface area contributed by atoms with Crippen LogP contribution < -0.4 is 5.32 Å². The van der Waals surface area contributed by atoms with E-state index in [9.17, 15) is 0 Å². The molecule has 3 rings (SSSR count). The number of nitrogens with one attached hydrogen (secondary N) is 1. The maximum absolute atomic E-state index is 3.92. The van der Waals surface area contributed by atoms with Gasteiger partial charge in [0.15, 0.2) is 0 Å². The minimum atomic E-state index is 0.474. The standard InChI is InChI=1S/C18H35N3/c1-20-13-6-17(7-14-20)8-15-21-12-5-11-19-18(16-21)9-3-2-4-10-18/h17,19H,2-16H2,1H3. The van der Waals surface area contributed by atoms with E-state index >= 15 is 0 Å². The van der Waals surface area contributed by atoms with Crippen LogP contribution in [-0.2, 0) is 0 Å². The second-order valence-corrected chi connectivity index (χ2v) is 7.93. The fourth-order valence-corrected chi connectivity index (χ4v) is 4.69. The number of hydrogen-bond donors (Lipinski definition) is 1. The minimum absolute atomic E-state index is 0.474. The third-order valence-corrected chi connectivity index (χ3v) is 6.18. The number of piperidine rings is 1. The Morgan fingerprint density at radius 2 is 1.76 bits per heavy atom. The molecule has 3 heteroatoms. The van der Waals surface area contributed by atoms with Gasteiger partial charge in [0.1, 0.15) is 0 Å². The SMILES string of the molecule is CN1CCC(CCN2CCCNC3(CCCCC3)C2)CC1. The van der Waals surface area contributed by atoms with Crippen LogP contribution in [0.2, 0.25) is 0 Å². The van der Waals surface area contributed by atoms with Gasteiger partial charge in [0.05, 0.1) is 0 Å². The van der Waals surface area contributed by atoms with Crippen molar-refractivity contribution in [1.82, 2.24) is 15.1 Å². The van der Waals surface area contributed by atoms with Crippen LogP contribution in [0.25, 0.3) is 0 Å². The number of nitrogens with zero attached hydrogens (tertiary/aromatic N) is 2. The Balaban J connectivity index is 1.47. The summed E-state index contributed by atoms with van der Waals surface area (Å²) in [7, 11) is 2.27. The predicted molar refractivity (Wildman–Crippen MR) is 89.7 cm³/mol. The molecule has 0 amide bonds. The maximum atomic E-state index is 3.92. The highest BCUT2D eigenvalue weighted by molar-refractivity contribution is 4.95. The lowest BCUT2D eigenvalue weighted by Crippen LogP contribution is -2.52. The molecule has 3 nitrogen and oxygen atoms in total. The Morgan fingerprint density at radius 3 is 2.52 bits per heavy atom. The second-order valence-electron chi connectivity index (χ2n) is 7.93. The molecule has 1 N–H and O–H groups in total. The lowest BCUT2D eigenvalue weighted by molar-refractivity contribution is 0.146. The second kappa shape index (κ2) is 7.43. The Labute approximate surface area is 131 Å². The van der Waals surface area contributed by atoms with Crippen LogP contribution in [0, 0.1) is 5.92 Å². The normalized spacial score (nSPS) is 29.6. The smallest absolute Gasteiger partial charge is 0.0308 e. The average molecular weight is 293 g/mol. The number of likely N-dealkylation sites (tertiary alicyclic amines) is 1. The van der Waals surface area contributed by atoms with Gasteiger partial charge in [-0.05, 0) is 84.2 Å². The molecule has 0 bridgehead atoms. The van der Waals surface area contributed by atoms with Crippen LogP contribution in [0.4, 0.5) is 0 Å². The van der Waals surface area contributed by atoms with Gasteiger partial charge < -0.3 is 15.1 Å². The fraction of sp³-hybridized carbons (Fsp3) is 1.00. The minimum Gasteiger partial charge on any atom is -0.310 e. The van der Waals surface area contributed by atoms with Crippen molar-refractivity contribution in [2.24, 2.45) is 5.92 Å². The van der Waals surface area contributed by atoms with Crippen molar-refractivity contribution in [3.05, 3.63) is 0 Å². The van der Waals surface area contributed by atoms with E-state index in [0.29, 0.717) is 5.54 Å². The van der Waals surface area contributed by atoms with Crippen LogP contribution in [-0.4, -0.2) is 61.7 Å². The molecule has 0 aromatic carbocycles. The largest absolute Gasteiger partial charge is 0.310 e. The average Bonchev–Trinajstić information content (AvgIpc) is 2.70. The first-order valence-corrected chi connectivity index (χ1v) is 9.42. The summed E-state index contributed by atoms with van der Waals surface area (Å²) in [4.78, 5) is 5.28. The quantitative estimate of drug-likeness (QED) is 0.863. The van der Waals surface area contributed by atoms with Gasteiger partial charge in [0, 0.05) is 12.1 Å². The first kappa shape index (κ1) is 15.8. The Bertz CT molecular complexity index is 304. The molecule has 2 heterocycles. The van der Waals surface area contributed by atoms with E-state index in [1.807, 2.05) is 0 Å². The zero-order valence-corrected chi connectivity index (χ0v) is 14.1. The molecule has 3 aliphatic rings. The first-order valence-electron chi connectivity index (χ1n) is 9.42. The molecular weight excluding hydrogens is 258 g/mol. The third-order valence-electron chi connectivity index (χ3n) is 6.18. The van der Waals surface area contributed by atoms with Gasteiger partial charge in [-0.1, -0.05) is 19.3 Å². The summed E-state index contributed by atoms with van der Waals surface area (Å²) >= 11 is 0. The van der Waals surface area contributed by atoms with Gasteiger partial charge in [0.25, 0.3) is 0 Å². The van der Waals surface area contributed by atoms with E-state index in [0.717, 1.165) is 5.92 Å². The lowest BCUT2D eigenvalue weighted by Gasteiger charge is -2.40. The molecule has 3 fully saturated rings. The molecule has 1 spiro atoms. The van der Waals surface area contributed by atoms with E-state index < -0.39 is 0 Å². The molecule has 1 saturated carbocycles. The molecule has 122 valence electrons. The molecule has 0 unspecified atom stereocenters. The molecule has 0 atom stereocenters. The highest BCUT2D eigenvalue weighted by Crippen LogP contribution is 2.30. The van der Waals surface area contributed by atoms with Crippen molar-refractivity contribution in [3.8, 4) is 0 Å². The van der Waals surface area contributed by atoms with Gasteiger partial charge in [0.2, 0.25) is 0 Å². The van der Waals surface area contributed by atoms with Crippen LogP contribution >= 0.6 is 0 Å². The van der Waals surface area contributed by atoms with Crippen LogP contribution in [0.1, 0.15) is 57.8 Å². The Hall–Kier alpha value is -0.120. The maximum Gasteiger partial charge on any atom is 0.0308 e. The van der Waals surface area contributed by atoms with E-state index in [1.165, 1.54) is 97.1 Å². The molecule has 0 radical (unpaired) electrons. The van der Waals surface area contributed by atoms with E-state index in [-0.39, 0.29) is 0 Å². The zero-order chi connectivity index (χ0) is 14.5. The third kappa shape index (κ3) is 4.43. The summed E-state index contributed by atoms with van der Waals surface area (Å²) in [5, 5.41) is 3.92. The van der Waals surface area contributed by atoms with Gasteiger partial charge >= 0.3 is 0 Å². The fourth-order valence-electron chi connectivity index (χ4n) is 4.69. The molecule has 21 heavy (non-hydrogen) atoms. The summed E-state index contributed by atoms with van der Waals surface area (Å²) in [6.45, 7) is 7.86. The van der Waals surface area contributed by atoms with Gasteiger partial charge in [-0.15, -0.1) is 0 Å². The topological polar surface area (TPSA) is 18.5 Å². The Kier molecular flexibility index (Phi) is 5.58. The number of hydrogen-bond acceptors (Lipinski definition) is 3. The summed E-state index contributed by atoms with van der Waals surface area (Å²) in [5.74, 6) is 0.986. The van der Waals surface area contributed by atoms with E-state index in [2.05, 4.69) is 22.2 Å². The van der Waals surface area contributed by atoms with Gasteiger partial charge in [-0.3, -0.25) is 0 Å². The summed E-state index contributed by atoms with van der Waals surface area (Å²) in [5.41, 5.74) is 0.474. The molecule has 2 aliphatic heterocycles. The highest BCUT2D eigenvalue weighted by atomic mass is 15.2. The van der Waals surface area contributed by atoms with E-state index in [4.69, 9.17) is 0 Å². The Morgan fingerprint density at radius 1 is 1.00 bits per heavy atom. The van der Waals surface area contributed by atoms with Gasteiger partial charge in [-0.2, -0.15) is 0 Å². The predicted octanol–water partition coefficient (Wildman–Crippen LogP) is 2.72. The lowest BCUT2D eigenvalue weighted by atomic mass is 9.81. The van der Waals surface area contributed by atoms with Crippen molar-refractivity contribution < 1.29 is 0 Å². The van der Waals surface area contributed by atoms with E-state index in [1.54, 1.807) is 0 Å². The highest BCUT2D eigenvalue weighted by Gasteiger charge is 2.34. The number of rotatable bonds is 3. The zero-order valence-electron chi connectivity index (χ0n) is 14.1. The van der Waals surface area contributed by atoms with Crippen LogP contribution in [0.3, 0.4) is 0 Å². The summed E-state index contributed by atoms with van der Waals surface area (Å²) < 4.78 is 0.